The van der Waals surface area contributed by atoms with Gasteiger partial charge in [-0.1, -0.05) is 0 Å². The average molecular weight is 290 g/mol. The van der Waals surface area contributed by atoms with Gasteiger partial charge in [-0.15, -0.1) is 0 Å². The van der Waals surface area contributed by atoms with E-state index < -0.39 is 17.7 Å². The van der Waals surface area contributed by atoms with Gasteiger partial charge in [0.25, 0.3) is 0 Å². The van der Waals surface area contributed by atoms with Crippen LogP contribution in [0.1, 0.15) is 20.8 Å². The molecule has 0 radical (unpaired) electrons. The zero-order chi connectivity index (χ0) is 15.6. The molecule has 0 aromatic carbocycles. The van der Waals surface area contributed by atoms with Gasteiger partial charge in [0.2, 0.25) is 5.91 Å². The van der Waals surface area contributed by atoms with Gasteiger partial charge in [-0.25, -0.2) is 4.79 Å². The molecule has 8 heteroatoms. The van der Waals surface area contributed by atoms with Gasteiger partial charge in [0.05, 0.1) is 19.3 Å². The summed E-state index contributed by atoms with van der Waals surface area (Å²) in [4.78, 5) is 22.5. The lowest BCUT2D eigenvalue weighted by Crippen LogP contribution is -2.46. The highest BCUT2D eigenvalue weighted by Crippen LogP contribution is 2.05. The van der Waals surface area contributed by atoms with Gasteiger partial charge in [-0.3, -0.25) is 4.79 Å². The number of alkyl carbamates (subject to hydrolysis) is 1. The van der Waals surface area contributed by atoms with E-state index >= 15 is 0 Å². The predicted molar refractivity (Wildman–Crippen MR) is 75.1 cm³/mol. The molecule has 2 amide bonds. The molecule has 0 heterocycles. The molecule has 0 bridgehead atoms. The first kappa shape index (κ1) is 18.6. The molecule has 0 spiro atoms. The van der Waals surface area contributed by atoms with Gasteiger partial charge in [-0.2, -0.15) is 0 Å². The number of nitrogens with one attached hydrogen (secondary N) is 2. The minimum atomic E-state index is -0.691. The predicted octanol–water partition coefficient (Wildman–Crippen LogP) is -1.07. The van der Waals surface area contributed by atoms with Crippen LogP contribution in [0.15, 0.2) is 0 Å². The van der Waals surface area contributed by atoms with Crippen molar-refractivity contribution in [3.8, 4) is 0 Å². The summed E-state index contributed by atoms with van der Waals surface area (Å²) in [5.41, 5.74) is 10.2. The molecule has 0 aromatic heterocycles. The number of ether oxygens (including phenoxy) is 2. The quantitative estimate of drug-likeness (QED) is 0.421. The largest absolute Gasteiger partial charge is 0.444 e. The number of nitrogens with two attached hydrogens (primary N) is 2. The van der Waals surface area contributed by atoms with Gasteiger partial charge in [-0.05, 0) is 20.8 Å². The van der Waals surface area contributed by atoms with E-state index in [0.29, 0.717) is 26.3 Å². The monoisotopic (exact) mass is 290 g/mol. The summed E-state index contributed by atoms with van der Waals surface area (Å²) < 4.78 is 10.3. The van der Waals surface area contributed by atoms with Crippen LogP contribution in [0, 0.1) is 0 Å². The summed E-state index contributed by atoms with van der Waals surface area (Å²) in [6.07, 6.45) is -0.483. The minimum Gasteiger partial charge on any atom is -0.444 e. The smallest absolute Gasteiger partial charge is 0.407 e. The fourth-order valence-electron chi connectivity index (χ4n) is 1.13. The third kappa shape index (κ3) is 10.5. The van der Waals surface area contributed by atoms with Crippen molar-refractivity contribution in [1.29, 1.82) is 0 Å². The Morgan fingerprint density at radius 3 is 2.20 bits per heavy atom. The maximum Gasteiger partial charge on any atom is 0.407 e. The molecule has 1 unspecified atom stereocenters. The van der Waals surface area contributed by atoms with Crippen molar-refractivity contribution >= 4 is 12.0 Å². The summed E-state index contributed by atoms with van der Waals surface area (Å²) in [7, 11) is 0. The molecular weight excluding hydrogens is 264 g/mol. The van der Waals surface area contributed by atoms with Crippen LogP contribution in [-0.2, 0) is 14.3 Å². The summed E-state index contributed by atoms with van der Waals surface area (Å²) in [5, 5.41) is 5.14. The average Bonchev–Trinajstić information content (AvgIpc) is 2.34. The van der Waals surface area contributed by atoms with Crippen LogP contribution in [0.4, 0.5) is 4.79 Å². The van der Waals surface area contributed by atoms with E-state index in [0.717, 1.165) is 0 Å². The van der Waals surface area contributed by atoms with E-state index in [-0.39, 0.29) is 12.5 Å². The summed E-state index contributed by atoms with van der Waals surface area (Å²) in [5.74, 6) is -0.303. The fraction of sp³-hybridized carbons (Fsp3) is 0.833. The Labute approximate surface area is 119 Å². The molecule has 0 aliphatic carbocycles. The van der Waals surface area contributed by atoms with Crippen LogP contribution in [0.25, 0.3) is 0 Å². The minimum absolute atomic E-state index is 0.104. The van der Waals surface area contributed by atoms with Crippen LogP contribution in [0.3, 0.4) is 0 Å². The van der Waals surface area contributed by atoms with E-state index in [4.69, 9.17) is 20.9 Å². The van der Waals surface area contributed by atoms with Gasteiger partial charge >= 0.3 is 6.09 Å². The van der Waals surface area contributed by atoms with Gasteiger partial charge < -0.3 is 31.6 Å². The Kier molecular flexibility index (Phi) is 8.86. The van der Waals surface area contributed by atoms with Crippen molar-refractivity contribution in [3.63, 3.8) is 0 Å². The first-order chi connectivity index (χ1) is 9.26. The molecule has 0 aliphatic rings. The molecule has 0 aromatic rings. The standard InChI is InChI=1S/C12H26N4O4/c1-12(2,3)20-11(18)16-5-7-19-6-4-15-10(17)9(14)8-13/h9H,4-8,13-14H2,1-3H3,(H,15,17)(H,16,18). The fourth-order valence-corrected chi connectivity index (χ4v) is 1.13. The van der Waals surface area contributed by atoms with E-state index in [1.54, 1.807) is 20.8 Å². The Hall–Kier alpha value is -1.38. The molecule has 118 valence electrons. The Bertz CT molecular complexity index is 304. The highest BCUT2D eigenvalue weighted by Gasteiger charge is 2.15. The third-order valence-corrected chi connectivity index (χ3v) is 2.05. The molecule has 1 atom stereocenters. The Morgan fingerprint density at radius 1 is 1.15 bits per heavy atom. The topological polar surface area (TPSA) is 129 Å². The number of amides is 2. The highest BCUT2D eigenvalue weighted by atomic mass is 16.6. The lowest BCUT2D eigenvalue weighted by molar-refractivity contribution is -0.122. The van der Waals surface area contributed by atoms with Crippen LogP contribution < -0.4 is 22.1 Å². The molecule has 0 saturated carbocycles. The lowest BCUT2D eigenvalue weighted by Gasteiger charge is -2.19. The Morgan fingerprint density at radius 2 is 1.70 bits per heavy atom. The summed E-state index contributed by atoms with van der Waals surface area (Å²) >= 11 is 0. The van der Waals surface area contributed by atoms with Crippen LogP contribution in [0.5, 0.6) is 0 Å². The molecule has 20 heavy (non-hydrogen) atoms. The van der Waals surface area contributed by atoms with E-state index in [2.05, 4.69) is 10.6 Å². The first-order valence-corrected chi connectivity index (χ1v) is 6.54. The molecule has 8 nitrogen and oxygen atoms in total. The van der Waals surface area contributed by atoms with E-state index in [1.165, 1.54) is 0 Å². The molecule has 0 rings (SSSR count). The summed E-state index contributed by atoms with van der Waals surface area (Å²) in [6, 6.07) is -0.691. The molecule has 0 fully saturated rings. The number of carbonyl (C=O) groups excluding carboxylic acids is 2. The highest BCUT2D eigenvalue weighted by molar-refractivity contribution is 5.81. The first-order valence-electron chi connectivity index (χ1n) is 6.54. The van der Waals surface area contributed by atoms with Crippen molar-refractivity contribution in [1.82, 2.24) is 10.6 Å². The zero-order valence-electron chi connectivity index (χ0n) is 12.4. The third-order valence-electron chi connectivity index (χ3n) is 2.05. The number of rotatable bonds is 8. The summed E-state index contributed by atoms with van der Waals surface area (Å²) in [6.45, 7) is 6.82. The van der Waals surface area contributed by atoms with Crippen molar-refractivity contribution in [2.75, 3.05) is 32.8 Å². The zero-order valence-corrected chi connectivity index (χ0v) is 12.4. The number of carbonyl (C=O) groups is 2. The van der Waals surface area contributed by atoms with Crippen LogP contribution >= 0.6 is 0 Å². The van der Waals surface area contributed by atoms with Crippen molar-refractivity contribution < 1.29 is 19.1 Å². The molecular formula is C12H26N4O4. The maximum atomic E-state index is 11.3. The van der Waals surface area contributed by atoms with Crippen LogP contribution in [0.2, 0.25) is 0 Å². The van der Waals surface area contributed by atoms with Crippen molar-refractivity contribution in [2.45, 2.75) is 32.4 Å². The number of hydrogen-bond acceptors (Lipinski definition) is 6. The van der Waals surface area contributed by atoms with Crippen molar-refractivity contribution in [3.05, 3.63) is 0 Å². The normalized spacial score (nSPS) is 12.7. The molecule has 0 aliphatic heterocycles. The maximum absolute atomic E-state index is 11.3. The van der Waals surface area contributed by atoms with Gasteiger partial charge in [0, 0.05) is 19.6 Å². The van der Waals surface area contributed by atoms with Crippen molar-refractivity contribution in [2.24, 2.45) is 11.5 Å². The van der Waals surface area contributed by atoms with E-state index in [9.17, 15) is 9.59 Å². The second-order valence-electron chi connectivity index (χ2n) is 5.17. The Balaban J connectivity index is 3.46. The van der Waals surface area contributed by atoms with Gasteiger partial charge in [0.1, 0.15) is 5.60 Å². The van der Waals surface area contributed by atoms with Gasteiger partial charge in [0.15, 0.2) is 0 Å². The second-order valence-corrected chi connectivity index (χ2v) is 5.17. The SMILES string of the molecule is CC(C)(C)OC(=O)NCCOCCNC(=O)C(N)CN. The number of hydrogen-bond donors (Lipinski definition) is 4. The molecule has 0 saturated heterocycles. The lowest BCUT2D eigenvalue weighted by atomic mass is 10.2. The van der Waals surface area contributed by atoms with E-state index in [1.807, 2.05) is 0 Å². The second kappa shape index (κ2) is 9.51. The van der Waals surface area contributed by atoms with Crippen LogP contribution in [-0.4, -0.2) is 56.5 Å². The molecule has 6 N–H and O–H groups in total.